The van der Waals surface area contributed by atoms with Crippen LogP contribution in [0.5, 0.6) is 0 Å². The molecule has 0 atom stereocenters. The summed E-state index contributed by atoms with van der Waals surface area (Å²) < 4.78 is 5.07. The zero-order chi connectivity index (χ0) is 16.9. The van der Waals surface area contributed by atoms with Crippen LogP contribution in [-0.2, 0) is 16.1 Å². The number of esters is 1. The summed E-state index contributed by atoms with van der Waals surface area (Å²) in [7, 11) is 0. The van der Waals surface area contributed by atoms with Crippen molar-refractivity contribution in [1.29, 1.82) is 0 Å². The number of para-hydroxylation sites is 1. The zero-order valence-corrected chi connectivity index (χ0v) is 13.5. The molecule has 0 aliphatic heterocycles. The summed E-state index contributed by atoms with van der Waals surface area (Å²) >= 11 is 6.02. The molecule has 0 aliphatic carbocycles. The molecule has 0 fully saturated rings. The van der Waals surface area contributed by atoms with Crippen molar-refractivity contribution < 1.29 is 14.3 Å². The third-order valence-electron chi connectivity index (χ3n) is 3.58. The number of carbonyl (C=O) groups is 2. The number of halogens is 1. The third kappa shape index (κ3) is 3.58. The number of amides is 1. The molecule has 1 amide bonds. The van der Waals surface area contributed by atoms with Gasteiger partial charge in [-0.1, -0.05) is 48.0 Å². The summed E-state index contributed by atoms with van der Waals surface area (Å²) in [5.41, 5.74) is 2.05. The van der Waals surface area contributed by atoms with Crippen LogP contribution >= 0.6 is 11.6 Å². The van der Waals surface area contributed by atoms with Crippen LogP contribution < -0.4 is 5.32 Å². The fourth-order valence-corrected chi connectivity index (χ4v) is 2.54. The summed E-state index contributed by atoms with van der Waals surface area (Å²) in [5.74, 6) is -0.927. The molecule has 0 bridgehead atoms. The van der Waals surface area contributed by atoms with Crippen LogP contribution in [0.1, 0.15) is 15.9 Å². The van der Waals surface area contributed by atoms with Gasteiger partial charge in [0.15, 0.2) is 6.61 Å². The number of hydrogen-bond acceptors (Lipinski definition) is 3. The lowest BCUT2D eigenvalue weighted by Crippen LogP contribution is -2.28. The normalized spacial score (nSPS) is 10.5. The lowest BCUT2D eigenvalue weighted by atomic mass is 10.2. The SMILES string of the molecule is O=C(COC(=O)c1c[nH]c2ccccc12)NCc1ccccc1Cl. The quantitative estimate of drug-likeness (QED) is 0.699. The Hall–Kier alpha value is -2.79. The number of rotatable bonds is 5. The van der Waals surface area contributed by atoms with Gasteiger partial charge in [0.1, 0.15) is 0 Å². The number of aromatic amines is 1. The monoisotopic (exact) mass is 342 g/mol. The van der Waals surface area contributed by atoms with E-state index in [0.717, 1.165) is 16.5 Å². The minimum absolute atomic E-state index is 0.281. The average Bonchev–Trinajstić information content (AvgIpc) is 3.03. The van der Waals surface area contributed by atoms with Crippen molar-refractivity contribution in [2.45, 2.75) is 6.54 Å². The number of fused-ring (bicyclic) bond motifs is 1. The molecule has 122 valence electrons. The maximum absolute atomic E-state index is 12.1. The number of hydrogen-bond donors (Lipinski definition) is 2. The Balaban J connectivity index is 1.54. The predicted octanol–water partition coefficient (Wildman–Crippen LogP) is 3.29. The number of benzene rings is 2. The van der Waals surface area contributed by atoms with Crippen molar-refractivity contribution in [3.8, 4) is 0 Å². The minimum Gasteiger partial charge on any atom is -0.452 e. The topological polar surface area (TPSA) is 71.2 Å². The largest absolute Gasteiger partial charge is 0.452 e. The highest BCUT2D eigenvalue weighted by Crippen LogP contribution is 2.18. The fourth-order valence-electron chi connectivity index (χ4n) is 2.34. The standard InChI is InChI=1S/C18H15ClN2O3/c19-15-7-3-1-5-12(15)9-21-17(22)11-24-18(23)14-10-20-16-8-4-2-6-13(14)16/h1-8,10,20H,9,11H2,(H,21,22). The molecular formula is C18H15ClN2O3. The van der Waals surface area contributed by atoms with Gasteiger partial charge < -0.3 is 15.0 Å². The van der Waals surface area contributed by atoms with Gasteiger partial charge in [-0.25, -0.2) is 4.79 Å². The predicted molar refractivity (Wildman–Crippen MR) is 91.9 cm³/mol. The smallest absolute Gasteiger partial charge is 0.340 e. The van der Waals surface area contributed by atoms with Crippen LogP contribution in [0, 0.1) is 0 Å². The molecule has 3 rings (SSSR count). The molecule has 2 N–H and O–H groups in total. The molecule has 0 aliphatic rings. The second-order valence-electron chi connectivity index (χ2n) is 5.19. The van der Waals surface area contributed by atoms with E-state index in [1.807, 2.05) is 42.5 Å². The zero-order valence-electron chi connectivity index (χ0n) is 12.7. The van der Waals surface area contributed by atoms with E-state index in [-0.39, 0.29) is 19.1 Å². The van der Waals surface area contributed by atoms with E-state index in [4.69, 9.17) is 16.3 Å². The van der Waals surface area contributed by atoms with Crippen LogP contribution in [-0.4, -0.2) is 23.5 Å². The highest BCUT2D eigenvalue weighted by Gasteiger charge is 2.14. The van der Waals surface area contributed by atoms with Crippen molar-refractivity contribution in [2.24, 2.45) is 0 Å². The number of nitrogens with one attached hydrogen (secondary N) is 2. The molecule has 1 aromatic heterocycles. The van der Waals surface area contributed by atoms with Gasteiger partial charge in [0.05, 0.1) is 5.56 Å². The Morgan fingerprint density at radius 3 is 2.67 bits per heavy atom. The molecule has 5 nitrogen and oxygen atoms in total. The van der Waals surface area contributed by atoms with Crippen molar-refractivity contribution >= 4 is 34.4 Å². The summed E-state index contributed by atoms with van der Waals surface area (Å²) in [5, 5.41) is 4.01. The first kappa shape index (κ1) is 16.1. The summed E-state index contributed by atoms with van der Waals surface area (Å²) in [6.45, 7) is -0.0636. The van der Waals surface area contributed by atoms with Crippen LogP contribution in [0.25, 0.3) is 10.9 Å². The molecule has 0 radical (unpaired) electrons. The Bertz CT molecular complexity index is 889. The highest BCUT2D eigenvalue weighted by molar-refractivity contribution is 6.31. The molecule has 0 spiro atoms. The van der Waals surface area contributed by atoms with Gasteiger partial charge in [-0.05, 0) is 17.7 Å². The van der Waals surface area contributed by atoms with Crippen molar-refractivity contribution in [1.82, 2.24) is 10.3 Å². The molecule has 3 aromatic rings. The first-order valence-electron chi connectivity index (χ1n) is 7.38. The Labute approximate surface area is 143 Å². The third-order valence-corrected chi connectivity index (χ3v) is 3.95. The van der Waals surface area contributed by atoms with Gasteiger partial charge >= 0.3 is 5.97 Å². The van der Waals surface area contributed by atoms with E-state index in [9.17, 15) is 9.59 Å². The maximum Gasteiger partial charge on any atom is 0.340 e. The summed E-state index contributed by atoms with van der Waals surface area (Å²) in [6, 6.07) is 14.6. The first-order valence-corrected chi connectivity index (χ1v) is 7.76. The van der Waals surface area contributed by atoms with Gasteiger partial charge in [-0.3, -0.25) is 4.79 Å². The van der Waals surface area contributed by atoms with Crippen LogP contribution in [0.4, 0.5) is 0 Å². The molecule has 0 unspecified atom stereocenters. The van der Waals surface area contributed by atoms with E-state index in [1.54, 1.807) is 12.3 Å². The van der Waals surface area contributed by atoms with E-state index >= 15 is 0 Å². The molecule has 2 aromatic carbocycles. The van der Waals surface area contributed by atoms with Gasteiger partial charge in [0.25, 0.3) is 5.91 Å². The second kappa shape index (κ2) is 7.19. The lowest BCUT2D eigenvalue weighted by molar-refractivity contribution is -0.124. The van der Waals surface area contributed by atoms with E-state index < -0.39 is 5.97 Å². The van der Waals surface area contributed by atoms with E-state index in [0.29, 0.717) is 10.6 Å². The van der Waals surface area contributed by atoms with Crippen LogP contribution in [0.2, 0.25) is 5.02 Å². The van der Waals surface area contributed by atoms with Crippen LogP contribution in [0.15, 0.2) is 54.7 Å². The van der Waals surface area contributed by atoms with Crippen LogP contribution in [0.3, 0.4) is 0 Å². The average molecular weight is 343 g/mol. The van der Waals surface area contributed by atoms with Crippen molar-refractivity contribution in [3.63, 3.8) is 0 Å². The first-order chi connectivity index (χ1) is 11.6. The Morgan fingerprint density at radius 2 is 1.83 bits per heavy atom. The van der Waals surface area contributed by atoms with E-state index in [2.05, 4.69) is 10.3 Å². The number of ether oxygens (including phenoxy) is 1. The van der Waals surface area contributed by atoms with Gasteiger partial charge in [-0.15, -0.1) is 0 Å². The summed E-state index contributed by atoms with van der Waals surface area (Å²) in [4.78, 5) is 26.9. The fraction of sp³-hybridized carbons (Fsp3) is 0.111. The number of H-pyrrole nitrogens is 1. The summed E-state index contributed by atoms with van der Waals surface area (Å²) in [6.07, 6.45) is 1.58. The highest BCUT2D eigenvalue weighted by atomic mass is 35.5. The molecule has 6 heteroatoms. The number of carbonyl (C=O) groups excluding carboxylic acids is 2. The lowest BCUT2D eigenvalue weighted by Gasteiger charge is -2.07. The molecule has 0 saturated heterocycles. The van der Waals surface area contributed by atoms with Crippen molar-refractivity contribution in [2.75, 3.05) is 6.61 Å². The minimum atomic E-state index is -0.541. The van der Waals surface area contributed by atoms with Gasteiger partial charge in [0, 0.05) is 28.7 Å². The Morgan fingerprint density at radius 1 is 1.08 bits per heavy atom. The van der Waals surface area contributed by atoms with E-state index in [1.165, 1.54) is 0 Å². The molecule has 24 heavy (non-hydrogen) atoms. The Kier molecular flexibility index (Phi) is 4.82. The van der Waals surface area contributed by atoms with Gasteiger partial charge in [-0.2, -0.15) is 0 Å². The molecule has 0 saturated carbocycles. The second-order valence-corrected chi connectivity index (χ2v) is 5.60. The molecule has 1 heterocycles. The van der Waals surface area contributed by atoms with Crippen molar-refractivity contribution in [3.05, 3.63) is 70.9 Å². The number of aromatic nitrogens is 1. The molecular weight excluding hydrogens is 328 g/mol. The maximum atomic E-state index is 12.1. The van der Waals surface area contributed by atoms with Gasteiger partial charge in [0.2, 0.25) is 0 Å².